The normalized spacial score (nSPS) is 18.1. The summed E-state index contributed by atoms with van der Waals surface area (Å²) in [6.45, 7) is 5.91. The number of piperidine rings is 1. The number of hydrogen-bond donors (Lipinski definition) is 2. The molecular formula is C20H25ClN4O2. The topological polar surface area (TPSA) is 72.1 Å². The zero-order valence-corrected chi connectivity index (χ0v) is 16.4. The number of carbonyl (C=O) groups is 1. The minimum atomic E-state index is -0.226. The van der Waals surface area contributed by atoms with Gasteiger partial charge in [-0.25, -0.2) is 0 Å². The standard InChI is InChI=1S/C20H24N4O2.ClH/c1-13-16-7-3-4-8-18(16)26-19(13)14(2)22-20(25)17-9-11-24(23-17)15-6-5-10-21-12-15;/h3-4,7-9,11,14-15,21H,5-6,10,12H2,1-2H3,(H,22,25);1H. The molecule has 3 aromatic rings. The molecule has 144 valence electrons. The Balaban J connectivity index is 0.00000210. The lowest BCUT2D eigenvalue weighted by Crippen LogP contribution is -2.32. The van der Waals surface area contributed by atoms with Crippen molar-refractivity contribution in [1.29, 1.82) is 0 Å². The summed E-state index contributed by atoms with van der Waals surface area (Å²) < 4.78 is 7.85. The molecule has 2 N–H and O–H groups in total. The van der Waals surface area contributed by atoms with Crippen molar-refractivity contribution in [2.45, 2.75) is 38.8 Å². The van der Waals surface area contributed by atoms with E-state index in [1.165, 1.54) is 0 Å². The molecule has 1 fully saturated rings. The maximum absolute atomic E-state index is 12.6. The molecule has 1 aliphatic heterocycles. The molecule has 2 aromatic heterocycles. The van der Waals surface area contributed by atoms with E-state index in [0.717, 1.165) is 48.2 Å². The predicted octanol–water partition coefficient (Wildman–Crippen LogP) is 3.78. The minimum absolute atomic E-state index is 0. The fourth-order valence-corrected chi connectivity index (χ4v) is 3.66. The van der Waals surface area contributed by atoms with Crippen LogP contribution in [0.2, 0.25) is 0 Å². The molecule has 0 radical (unpaired) electrons. The zero-order chi connectivity index (χ0) is 18.1. The van der Waals surface area contributed by atoms with Gasteiger partial charge in [0.15, 0.2) is 0 Å². The monoisotopic (exact) mass is 388 g/mol. The number of para-hydroxylation sites is 1. The van der Waals surface area contributed by atoms with Gasteiger partial charge in [0, 0.05) is 23.7 Å². The van der Waals surface area contributed by atoms with Gasteiger partial charge in [-0.3, -0.25) is 9.48 Å². The van der Waals surface area contributed by atoms with E-state index in [2.05, 4.69) is 15.7 Å². The average molecular weight is 389 g/mol. The highest BCUT2D eigenvalue weighted by atomic mass is 35.5. The Morgan fingerprint density at radius 2 is 2.19 bits per heavy atom. The van der Waals surface area contributed by atoms with Crippen LogP contribution in [-0.2, 0) is 0 Å². The molecular weight excluding hydrogens is 364 g/mol. The number of hydrogen-bond acceptors (Lipinski definition) is 4. The lowest BCUT2D eigenvalue weighted by Gasteiger charge is -2.22. The van der Waals surface area contributed by atoms with Crippen LogP contribution in [0.15, 0.2) is 40.9 Å². The molecule has 1 saturated heterocycles. The zero-order valence-electron chi connectivity index (χ0n) is 15.6. The number of fused-ring (bicyclic) bond motifs is 1. The fourth-order valence-electron chi connectivity index (χ4n) is 3.66. The molecule has 1 amide bonds. The number of nitrogens with one attached hydrogen (secondary N) is 2. The number of carbonyl (C=O) groups excluding carboxylic acids is 1. The van der Waals surface area contributed by atoms with Crippen molar-refractivity contribution in [2.24, 2.45) is 0 Å². The number of rotatable bonds is 4. The van der Waals surface area contributed by atoms with Crippen LogP contribution >= 0.6 is 12.4 Å². The van der Waals surface area contributed by atoms with E-state index in [1.807, 2.05) is 49.0 Å². The number of furan rings is 1. The smallest absolute Gasteiger partial charge is 0.272 e. The van der Waals surface area contributed by atoms with Crippen LogP contribution in [0.5, 0.6) is 0 Å². The molecule has 0 aliphatic carbocycles. The van der Waals surface area contributed by atoms with E-state index in [9.17, 15) is 4.79 Å². The second-order valence-corrected chi connectivity index (χ2v) is 6.96. The SMILES string of the molecule is Cc1c(C(C)NC(=O)c2ccn(C3CCCNC3)n2)oc2ccccc12.Cl. The van der Waals surface area contributed by atoms with Crippen molar-refractivity contribution in [3.05, 3.63) is 53.5 Å². The average Bonchev–Trinajstić information content (AvgIpc) is 3.28. The van der Waals surface area contributed by atoms with Crippen LogP contribution in [0.3, 0.4) is 0 Å². The van der Waals surface area contributed by atoms with Crippen LogP contribution < -0.4 is 10.6 Å². The number of amides is 1. The molecule has 6 nitrogen and oxygen atoms in total. The highest BCUT2D eigenvalue weighted by Crippen LogP contribution is 2.29. The van der Waals surface area contributed by atoms with Crippen LogP contribution in [0, 0.1) is 6.92 Å². The van der Waals surface area contributed by atoms with Crippen molar-refractivity contribution in [3.8, 4) is 0 Å². The first-order valence-electron chi connectivity index (χ1n) is 9.18. The van der Waals surface area contributed by atoms with Crippen LogP contribution in [0.4, 0.5) is 0 Å². The summed E-state index contributed by atoms with van der Waals surface area (Å²) >= 11 is 0. The molecule has 2 atom stereocenters. The summed E-state index contributed by atoms with van der Waals surface area (Å²) in [5, 5.41) is 11.9. The van der Waals surface area contributed by atoms with Gasteiger partial charge < -0.3 is 15.1 Å². The van der Waals surface area contributed by atoms with E-state index in [-0.39, 0.29) is 24.4 Å². The van der Waals surface area contributed by atoms with Crippen LogP contribution in [0.25, 0.3) is 11.0 Å². The van der Waals surface area contributed by atoms with E-state index in [0.29, 0.717) is 11.7 Å². The summed E-state index contributed by atoms with van der Waals surface area (Å²) in [5.41, 5.74) is 2.35. The molecule has 0 saturated carbocycles. The summed E-state index contributed by atoms with van der Waals surface area (Å²) in [6, 6.07) is 9.79. The largest absolute Gasteiger partial charge is 0.459 e. The second-order valence-electron chi connectivity index (χ2n) is 6.96. The molecule has 0 spiro atoms. The molecule has 3 heterocycles. The first-order valence-corrected chi connectivity index (χ1v) is 9.18. The minimum Gasteiger partial charge on any atom is -0.459 e. The number of aromatic nitrogens is 2. The molecule has 1 aliphatic rings. The van der Waals surface area contributed by atoms with Crippen molar-refractivity contribution in [1.82, 2.24) is 20.4 Å². The molecule has 2 unspecified atom stereocenters. The molecule has 1 aromatic carbocycles. The lowest BCUT2D eigenvalue weighted by atomic mass is 10.1. The van der Waals surface area contributed by atoms with Gasteiger partial charge in [-0.2, -0.15) is 5.10 Å². The Bertz CT molecular complexity index is 927. The number of nitrogens with zero attached hydrogens (tertiary/aromatic N) is 2. The van der Waals surface area contributed by atoms with Crippen LogP contribution in [0.1, 0.15) is 53.7 Å². The second kappa shape index (κ2) is 8.15. The third-order valence-electron chi connectivity index (χ3n) is 5.11. The first kappa shape index (κ1) is 19.5. The molecule has 27 heavy (non-hydrogen) atoms. The maximum atomic E-state index is 12.6. The number of halogens is 1. The van der Waals surface area contributed by atoms with Gasteiger partial charge in [-0.05, 0) is 45.4 Å². The van der Waals surface area contributed by atoms with Crippen molar-refractivity contribution >= 4 is 29.3 Å². The number of aryl methyl sites for hydroxylation is 1. The van der Waals surface area contributed by atoms with Gasteiger partial charge in [0.25, 0.3) is 5.91 Å². The van der Waals surface area contributed by atoms with E-state index in [4.69, 9.17) is 4.42 Å². The first-order chi connectivity index (χ1) is 12.6. The summed E-state index contributed by atoms with van der Waals surface area (Å²) in [5.74, 6) is 0.607. The summed E-state index contributed by atoms with van der Waals surface area (Å²) in [6.07, 6.45) is 4.11. The van der Waals surface area contributed by atoms with E-state index >= 15 is 0 Å². The van der Waals surface area contributed by atoms with Gasteiger partial charge >= 0.3 is 0 Å². The highest BCUT2D eigenvalue weighted by molar-refractivity contribution is 5.92. The van der Waals surface area contributed by atoms with Gasteiger partial charge in [-0.15, -0.1) is 12.4 Å². The van der Waals surface area contributed by atoms with Gasteiger partial charge in [0.2, 0.25) is 0 Å². The molecule has 7 heteroatoms. The summed E-state index contributed by atoms with van der Waals surface area (Å²) in [4.78, 5) is 12.6. The Hall–Kier alpha value is -2.31. The predicted molar refractivity (Wildman–Crippen MR) is 107 cm³/mol. The van der Waals surface area contributed by atoms with Crippen molar-refractivity contribution in [2.75, 3.05) is 13.1 Å². The maximum Gasteiger partial charge on any atom is 0.272 e. The third-order valence-corrected chi connectivity index (χ3v) is 5.11. The van der Waals surface area contributed by atoms with Crippen LogP contribution in [-0.4, -0.2) is 28.8 Å². The van der Waals surface area contributed by atoms with Gasteiger partial charge in [0.1, 0.15) is 17.0 Å². The van der Waals surface area contributed by atoms with Gasteiger partial charge in [-0.1, -0.05) is 18.2 Å². The van der Waals surface area contributed by atoms with Gasteiger partial charge in [0.05, 0.1) is 12.1 Å². The lowest BCUT2D eigenvalue weighted by molar-refractivity contribution is 0.0929. The Morgan fingerprint density at radius 1 is 1.37 bits per heavy atom. The Kier molecular flexibility index (Phi) is 5.87. The third kappa shape index (κ3) is 3.87. The Labute approximate surface area is 164 Å². The highest BCUT2D eigenvalue weighted by Gasteiger charge is 2.21. The fraction of sp³-hybridized carbons (Fsp3) is 0.400. The molecule has 0 bridgehead atoms. The quantitative estimate of drug-likeness (QED) is 0.713. The van der Waals surface area contributed by atoms with Crippen molar-refractivity contribution < 1.29 is 9.21 Å². The Morgan fingerprint density at radius 3 is 2.93 bits per heavy atom. The molecule has 4 rings (SSSR count). The van der Waals surface area contributed by atoms with E-state index in [1.54, 1.807) is 6.07 Å². The summed E-state index contributed by atoms with van der Waals surface area (Å²) in [7, 11) is 0. The van der Waals surface area contributed by atoms with Crippen molar-refractivity contribution in [3.63, 3.8) is 0 Å². The van der Waals surface area contributed by atoms with E-state index < -0.39 is 0 Å². The number of benzene rings is 1.